The first-order valence-corrected chi connectivity index (χ1v) is 14.3. The van der Waals surface area contributed by atoms with Gasteiger partial charge in [-0.2, -0.15) is 0 Å². The summed E-state index contributed by atoms with van der Waals surface area (Å²) in [5.41, 5.74) is 2.52. The van der Waals surface area contributed by atoms with Crippen molar-refractivity contribution < 1.29 is 22.7 Å². The number of fused-ring (bicyclic) bond motifs is 1. The zero-order valence-electron chi connectivity index (χ0n) is 20.5. The van der Waals surface area contributed by atoms with E-state index in [4.69, 9.17) is 9.47 Å². The number of carbonyl (C=O) groups excluding carboxylic acids is 1. The van der Waals surface area contributed by atoms with Gasteiger partial charge in [0.05, 0.1) is 10.6 Å². The molecule has 1 amide bonds. The van der Waals surface area contributed by atoms with Gasteiger partial charge in [0, 0.05) is 37.2 Å². The van der Waals surface area contributed by atoms with Gasteiger partial charge in [0.25, 0.3) is 10.0 Å². The Labute approximate surface area is 225 Å². The molecule has 8 nitrogen and oxygen atoms in total. The lowest BCUT2D eigenvalue weighted by Crippen LogP contribution is -2.51. The average Bonchev–Trinajstić information content (AvgIpc) is 3.36. The molecule has 10 heteroatoms. The number of nitrogens with zero attached hydrogens (tertiary/aromatic N) is 3. The molecule has 5 rings (SSSR count). The Morgan fingerprint density at radius 2 is 1.68 bits per heavy atom. The minimum Gasteiger partial charge on any atom is -0.454 e. The first-order chi connectivity index (χ1) is 17.8. The van der Waals surface area contributed by atoms with Gasteiger partial charge in [-0.1, -0.05) is 45.8 Å². The second-order valence-electron chi connectivity index (χ2n) is 9.15. The van der Waals surface area contributed by atoms with Crippen molar-refractivity contribution in [1.82, 2.24) is 9.80 Å². The maximum Gasteiger partial charge on any atom is 0.264 e. The molecule has 3 aromatic carbocycles. The minimum atomic E-state index is -3.95. The molecule has 0 spiro atoms. The highest BCUT2D eigenvalue weighted by Crippen LogP contribution is 2.33. The number of piperazine rings is 1. The highest BCUT2D eigenvalue weighted by molar-refractivity contribution is 9.10. The van der Waals surface area contributed by atoms with Crippen molar-refractivity contribution in [2.75, 3.05) is 43.8 Å². The van der Waals surface area contributed by atoms with E-state index in [2.05, 4.69) is 20.8 Å². The van der Waals surface area contributed by atoms with E-state index in [9.17, 15) is 13.2 Å². The molecular formula is C27H28BrN3O5S. The van der Waals surface area contributed by atoms with Crippen LogP contribution in [-0.4, -0.2) is 63.6 Å². The third kappa shape index (κ3) is 5.76. The van der Waals surface area contributed by atoms with Crippen LogP contribution in [0.5, 0.6) is 11.5 Å². The fraction of sp³-hybridized carbons (Fsp3) is 0.296. The van der Waals surface area contributed by atoms with Gasteiger partial charge in [-0.05, 0) is 55.0 Å². The fourth-order valence-corrected chi connectivity index (χ4v) is 6.25. The summed E-state index contributed by atoms with van der Waals surface area (Å²) in [5, 5.41) is 0. The second-order valence-corrected chi connectivity index (χ2v) is 11.9. The highest BCUT2D eigenvalue weighted by Gasteiger charge is 2.30. The summed E-state index contributed by atoms with van der Waals surface area (Å²) in [6.07, 6.45) is 0. The molecule has 2 aliphatic rings. The van der Waals surface area contributed by atoms with Gasteiger partial charge in [0.15, 0.2) is 11.5 Å². The Hall–Kier alpha value is -3.08. The molecule has 3 aromatic rings. The maximum absolute atomic E-state index is 13.6. The van der Waals surface area contributed by atoms with Gasteiger partial charge < -0.3 is 14.4 Å². The lowest BCUT2D eigenvalue weighted by molar-refractivity contribution is -0.131. The van der Waals surface area contributed by atoms with E-state index >= 15 is 0 Å². The first kappa shape index (κ1) is 25.6. The van der Waals surface area contributed by atoms with Crippen LogP contribution in [0.15, 0.2) is 76.1 Å². The normalized spacial score (nSPS) is 15.6. The SMILES string of the molecule is Cc1ccc(S(=O)(=O)N(CC(=O)N2CCN(Cc3ccc4c(c3)OCO4)CC2)c2cccc(Br)c2)cc1. The van der Waals surface area contributed by atoms with Crippen LogP contribution in [0.25, 0.3) is 0 Å². The summed E-state index contributed by atoms with van der Waals surface area (Å²) in [7, 11) is -3.95. The summed E-state index contributed by atoms with van der Waals surface area (Å²) < 4.78 is 40.0. The molecule has 0 bridgehead atoms. The Morgan fingerprint density at radius 3 is 2.41 bits per heavy atom. The van der Waals surface area contributed by atoms with E-state index in [1.54, 1.807) is 47.4 Å². The van der Waals surface area contributed by atoms with Crippen LogP contribution in [0.2, 0.25) is 0 Å². The zero-order chi connectivity index (χ0) is 26.0. The number of halogens is 1. The zero-order valence-corrected chi connectivity index (χ0v) is 22.9. The smallest absolute Gasteiger partial charge is 0.264 e. The van der Waals surface area contributed by atoms with Crippen molar-refractivity contribution in [2.24, 2.45) is 0 Å². The summed E-state index contributed by atoms with van der Waals surface area (Å²) in [4.78, 5) is 17.5. The van der Waals surface area contributed by atoms with E-state index in [0.29, 0.717) is 31.9 Å². The largest absolute Gasteiger partial charge is 0.454 e. The molecule has 194 valence electrons. The molecule has 0 unspecified atom stereocenters. The van der Waals surface area contributed by atoms with Crippen molar-refractivity contribution in [3.8, 4) is 11.5 Å². The van der Waals surface area contributed by atoms with Crippen molar-refractivity contribution in [1.29, 1.82) is 0 Å². The van der Waals surface area contributed by atoms with Crippen LogP contribution in [-0.2, 0) is 21.4 Å². The Bertz CT molecular complexity index is 1390. The van der Waals surface area contributed by atoms with Crippen molar-refractivity contribution in [2.45, 2.75) is 18.4 Å². The summed E-state index contributed by atoms with van der Waals surface area (Å²) in [6, 6.07) is 19.6. The van der Waals surface area contributed by atoms with Gasteiger partial charge >= 0.3 is 0 Å². The molecule has 0 radical (unpaired) electrons. The molecule has 2 heterocycles. The number of rotatable bonds is 7. The van der Waals surface area contributed by atoms with E-state index in [1.807, 2.05) is 31.2 Å². The monoisotopic (exact) mass is 585 g/mol. The number of ether oxygens (including phenoxy) is 2. The molecule has 0 aliphatic carbocycles. The van der Waals surface area contributed by atoms with Crippen molar-refractivity contribution in [3.05, 3.63) is 82.3 Å². The predicted octanol–water partition coefficient (Wildman–Crippen LogP) is 4.03. The molecule has 0 atom stereocenters. The maximum atomic E-state index is 13.6. The molecule has 0 saturated carbocycles. The Kier molecular flexibility index (Phi) is 7.41. The number of hydrogen-bond acceptors (Lipinski definition) is 6. The Morgan fingerprint density at radius 1 is 0.946 bits per heavy atom. The van der Waals surface area contributed by atoms with E-state index in [0.717, 1.165) is 33.6 Å². The Balaban J connectivity index is 1.27. The average molecular weight is 587 g/mol. The topological polar surface area (TPSA) is 79.4 Å². The van der Waals surface area contributed by atoms with E-state index in [-0.39, 0.29) is 24.1 Å². The van der Waals surface area contributed by atoms with Gasteiger partial charge in [-0.25, -0.2) is 8.42 Å². The third-order valence-corrected chi connectivity index (χ3v) is 8.83. The molecule has 1 fully saturated rings. The molecule has 0 aromatic heterocycles. The molecule has 0 N–H and O–H groups in total. The van der Waals surface area contributed by atoms with Crippen LogP contribution in [0.4, 0.5) is 5.69 Å². The molecule has 37 heavy (non-hydrogen) atoms. The first-order valence-electron chi connectivity index (χ1n) is 12.0. The number of benzene rings is 3. The lowest BCUT2D eigenvalue weighted by Gasteiger charge is -2.36. The van der Waals surface area contributed by atoms with Gasteiger partial charge in [-0.15, -0.1) is 0 Å². The standard InChI is InChI=1S/C27H28BrN3O5S/c1-20-5-8-24(9-6-20)37(33,34)31(23-4-2-3-22(28)16-23)18-27(32)30-13-11-29(12-14-30)17-21-7-10-25-26(15-21)36-19-35-25/h2-10,15-16H,11-14,17-19H2,1H3. The van der Waals surface area contributed by atoms with Gasteiger partial charge in [-0.3, -0.25) is 14.0 Å². The third-order valence-electron chi connectivity index (χ3n) is 6.55. The van der Waals surface area contributed by atoms with Crippen LogP contribution >= 0.6 is 15.9 Å². The highest BCUT2D eigenvalue weighted by atomic mass is 79.9. The number of sulfonamides is 1. The minimum absolute atomic E-state index is 0.152. The van der Waals surface area contributed by atoms with Crippen LogP contribution < -0.4 is 13.8 Å². The fourth-order valence-electron chi connectivity index (χ4n) is 4.46. The summed E-state index contributed by atoms with van der Waals surface area (Å²) >= 11 is 3.42. The number of carbonyl (C=O) groups is 1. The van der Waals surface area contributed by atoms with Crippen LogP contribution in [0, 0.1) is 6.92 Å². The quantitative estimate of drug-likeness (QED) is 0.416. The van der Waals surface area contributed by atoms with Crippen LogP contribution in [0.3, 0.4) is 0 Å². The van der Waals surface area contributed by atoms with E-state index in [1.165, 1.54) is 4.31 Å². The molecular weight excluding hydrogens is 558 g/mol. The second kappa shape index (κ2) is 10.7. The number of aryl methyl sites for hydroxylation is 1. The summed E-state index contributed by atoms with van der Waals surface area (Å²) in [6.45, 7) is 5.07. The number of anilines is 1. The molecule has 1 saturated heterocycles. The number of amides is 1. The summed E-state index contributed by atoms with van der Waals surface area (Å²) in [5.74, 6) is 1.29. The number of hydrogen-bond donors (Lipinski definition) is 0. The lowest BCUT2D eigenvalue weighted by atomic mass is 10.1. The van der Waals surface area contributed by atoms with Gasteiger partial charge in [0.1, 0.15) is 6.54 Å². The van der Waals surface area contributed by atoms with E-state index < -0.39 is 10.0 Å². The predicted molar refractivity (Wildman–Crippen MR) is 144 cm³/mol. The van der Waals surface area contributed by atoms with Gasteiger partial charge in [0.2, 0.25) is 12.7 Å². The van der Waals surface area contributed by atoms with Crippen molar-refractivity contribution in [3.63, 3.8) is 0 Å². The van der Waals surface area contributed by atoms with Crippen LogP contribution in [0.1, 0.15) is 11.1 Å². The van der Waals surface area contributed by atoms with Crippen molar-refractivity contribution >= 4 is 37.5 Å². The molecule has 2 aliphatic heterocycles.